The Labute approximate surface area is 169 Å². The number of aromatic amines is 1. The van der Waals surface area contributed by atoms with Crippen LogP contribution in [0.1, 0.15) is 21.6 Å². The van der Waals surface area contributed by atoms with Crippen molar-refractivity contribution in [1.29, 1.82) is 0 Å². The molecule has 2 aromatic carbocycles. The minimum absolute atomic E-state index is 0.0691. The topological polar surface area (TPSA) is 49.8 Å². The largest absolute Gasteiger partial charge is 0.361 e. The Morgan fingerprint density at radius 1 is 1.14 bits per heavy atom. The van der Waals surface area contributed by atoms with Crippen LogP contribution in [0.2, 0.25) is 5.02 Å². The van der Waals surface area contributed by atoms with Gasteiger partial charge in [-0.05, 0) is 48.2 Å². The lowest BCUT2D eigenvalue weighted by Crippen LogP contribution is -2.27. The second kappa shape index (κ2) is 7.56. The lowest BCUT2D eigenvalue weighted by molar-refractivity contribution is 0.0947. The van der Waals surface area contributed by atoms with Gasteiger partial charge in [0, 0.05) is 47.5 Å². The van der Waals surface area contributed by atoms with E-state index in [0.717, 1.165) is 28.6 Å². The van der Waals surface area contributed by atoms with Crippen molar-refractivity contribution >= 4 is 28.4 Å². The molecule has 28 heavy (non-hydrogen) atoms. The number of nitrogens with zero attached hydrogens (tertiary/aromatic N) is 1. The van der Waals surface area contributed by atoms with Crippen LogP contribution in [0.5, 0.6) is 0 Å². The molecule has 0 bridgehead atoms. The summed E-state index contributed by atoms with van der Waals surface area (Å²) in [5.41, 5.74) is 5.99. The summed E-state index contributed by atoms with van der Waals surface area (Å²) in [6.07, 6.45) is 4.77. The molecule has 4 aromatic rings. The van der Waals surface area contributed by atoms with Gasteiger partial charge in [0.1, 0.15) is 5.69 Å². The van der Waals surface area contributed by atoms with E-state index in [9.17, 15) is 4.79 Å². The molecule has 142 valence electrons. The first-order valence-corrected chi connectivity index (χ1v) is 9.67. The van der Waals surface area contributed by atoms with Gasteiger partial charge in [-0.15, -0.1) is 0 Å². The summed E-state index contributed by atoms with van der Waals surface area (Å²) in [4.78, 5) is 16.2. The second-order valence-electron chi connectivity index (χ2n) is 7.02. The Morgan fingerprint density at radius 2 is 1.89 bits per heavy atom. The van der Waals surface area contributed by atoms with Gasteiger partial charge in [-0.1, -0.05) is 41.9 Å². The van der Waals surface area contributed by atoms with Gasteiger partial charge in [-0.3, -0.25) is 4.79 Å². The van der Waals surface area contributed by atoms with Gasteiger partial charge >= 0.3 is 0 Å². The maximum Gasteiger partial charge on any atom is 0.268 e. The maximum atomic E-state index is 13.0. The molecule has 4 nitrogen and oxygen atoms in total. The van der Waals surface area contributed by atoms with Crippen molar-refractivity contribution in [3.05, 3.63) is 82.8 Å². The minimum atomic E-state index is -0.0691. The summed E-state index contributed by atoms with van der Waals surface area (Å²) in [5.74, 6) is -0.0691. The van der Waals surface area contributed by atoms with Gasteiger partial charge in [0.05, 0.1) is 0 Å². The van der Waals surface area contributed by atoms with Crippen LogP contribution in [0.3, 0.4) is 0 Å². The molecule has 0 atom stereocenters. The Bertz CT molecular complexity index is 1140. The summed E-state index contributed by atoms with van der Waals surface area (Å²) in [7, 11) is 1.90. The van der Waals surface area contributed by atoms with Gasteiger partial charge in [0.25, 0.3) is 5.91 Å². The van der Waals surface area contributed by atoms with Crippen molar-refractivity contribution in [1.82, 2.24) is 14.9 Å². The number of aromatic nitrogens is 2. The lowest BCUT2D eigenvalue weighted by Gasteiger charge is -2.10. The van der Waals surface area contributed by atoms with E-state index >= 15 is 0 Å². The monoisotopic (exact) mass is 391 g/mol. The zero-order chi connectivity index (χ0) is 19.7. The van der Waals surface area contributed by atoms with E-state index in [1.807, 2.05) is 67.3 Å². The molecule has 0 unspecified atom stereocenters. The molecule has 4 rings (SSSR count). The predicted octanol–water partition coefficient (Wildman–Crippen LogP) is 5.11. The number of nitrogens with one attached hydrogen (secondary N) is 2. The zero-order valence-electron chi connectivity index (χ0n) is 15.9. The summed E-state index contributed by atoms with van der Waals surface area (Å²) in [6, 6.07) is 15.8. The Kier molecular flexibility index (Phi) is 4.97. The average Bonchev–Trinajstić information content (AvgIpc) is 3.23. The molecule has 0 aliphatic heterocycles. The molecule has 0 radical (unpaired) electrons. The first-order chi connectivity index (χ1) is 13.5. The molecule has 2 aromatic heterocycles. The fraction of sp³-hybridized carbons (Fsp3) is 0.174. The van der Waals surface area contributed by atoms with Crippen molar-refractivity contribution in [2.75, 3.05) is 6.54 Å². The number of hydrogen-bond acceptors (Lipinski definition) is 1. The van der Waals surface area contributed by atoms with Gasteiger partial charge in [-0.25, -0.2) is 0 Å². The molecule has 2 N–H and O–H groups in total. The summed E-state index contributed by atoms with van der Waals surface area (Å²) in [5, 5.41) is 4.96. The second-order valence-corrected chi connectivity index (χ2v) is 7.46. The van der Waals surface area contributed by atoms with Gasteiger partial charge in [0.15, 0.2) is 0 Å². The number of benzene rings is 2. The van der Waals surface area contributed by atoms with Crippen LogP contribution in [0.4, 0.5) is 0 Å². The normalized spacial score (nSPS) is 11.1. The third kappa shape index (κ3) is 3.43. The molecule has 0 spiro atoms. The van der Waals surface area contributed by atoms with Crippen molar-refractivity contribution in [3.8, 4) is 11.1 Å². The van der Waals surface area contributed by atoms with E-state index in [-0.39, 0.29) is 5.91 Å². The summed E-state index contributed by atoms with van der Waals surface area (Å²) >= 11 is 6.02. The number of hydrogen-bond donors (Lipinski definition) is 2. The van der Waals surface area contributed by atoms with Crippen LogP contribution < -0.4 is 5.32 Å². The highest BCUT2D eigenvalue weighted by atomic mass is 35.5. The fourth-order valence-electron chi connectivity index (χ4n) is 3.77. The molecular formula is C23H22ClN3O. The van der Waals surface area contributed by atoms with E-state index in [1.165, 1.54) is 10.9 Å². The van der Waals surface area contributed by atoms with Crippen LogP contribution >= 0.6 is 11.6 Å². The number of rotatable bonds is 5. The molecule has 1 amide bonds. The number of halogens is 1. The molecule has 0 saturated carbocycles. The SMILES string of the molecule is Cc1cn(C)c(C(=O)NCCc2c[nH]c3ccccc23)c1-c1ccc(Cl)cc1. The van der Waals surface area contributed by atoms with Gasteiger partial charge in [-0.2, -0.15) is 0 Å². The quantitative estimate of drug-likeness (QED) is 0.488. The third-order valence-electron chi connectivity index (χ3n) is 5.07. The van der Waals surface area contributed by atoms with Crippen LogP contribution in [-0.4, -0.2) is 22.0 Å². The van der Waals surface area contributed by atoms with E-state index in [4.69, 9.17) is 11.6 Å². The highest BCUT2D eigenvalue weighted by Crippen LogP contribution is 2.30. The third-order valence-corrected chi connectivity index (χ3v) is 5.33. The molecule has 0 fully saturated rings. The van der Waals surface area contributed by atoms with Crippen molar-refractivity contribution in [2.24, 2.45) is 7.05 Å². The first-order valence-electron chi connectivity index (χ1n) is 9.29. The number of fused-ring (bicyclic) bond motifs is 1. The number of carbonyl (C=O) groups is 1. The van der Waals surface area contributed by atoms with Gasteiger partial charge in [0.2, 0.25) is 0 Å². The molecule has 5 heteroatoms. The Balaban J connectivity index is 1.53. The van der Waals surface area contributed by atoms with Crippen LogP contribution in [-0.2, 0) is 13.5 Å². The number of carbonyl (C=O) groups excluding carboxylic acids is 1. The van der Waals surface area contributed by atoms with E-state index in [2.05, 4.69) is 22.4 Å². The van der Waals surface area contributed by atoms with Crippen LogP contribution in [0.15, 0.2) is 60.9 Å². The summed E-state index contributed by atoms with van der Waals surface area (Å²) < 4.78 is 1.89. The molecule has 0 saturated heterocycles. The molecule has 2 heterocycles. The average molecular weight is 392 g/mol. The Hall–Kier alpha value is -2.98. The Morgan fingerprint density at radius 3 is 2.68 bits per heavy atom. The number of aryl methyl sites for hydroxylation is 2. The molecular weight excluding hydrogens is 370 g/mol. The highest BCUT2D eigenvalue weighted by molar-refractivity contribution is 6.30. The highest BCUT2D eigenvalue weighted by Gasteiger charge is 2.19. The standard InChI is InChI=1S/C23H22ClN3O/c1-15-14-27(2)22(21(15)16-7-9-18(24)10-8-16)23(28)25-12-11-17-13-26-20-6-4-3-5-19(17)20/h3-10,13-14,26H,11-12H2,1-2H3,(H,25,28). The maximum absolute atomic E-state index is 13.0. The first kappa shape index (κ1) is 18.4. The summed E-state index contributed by atoms with van der Waals surface area (Å²) in [6.45, 7) is 2.59. The zero-order valence-corrected chi connectivity index (χ0v) is 16.7. The van der Waals surface area contributed by atoms with E-state index < -0.39 is 0 Å². The van der Waals surface area contributed by atoms with Crippen molar-refractivity contribution < 1.29 is 4.79 Å². The fourth-order valence-corrected chi connectivity index (χ4v) is 3.90. The molecule has 0 aliphatic rings. The van der Waals surface area contributed by atoms with Crippen LogP contribution in [0.25, 0.3) is 22.0 Å². The van der Waals surface area contributed by atoms with E-state index in [1.54, 1.807) is 0 Å². The number of para-hydroxylation sites is 1. The smallest absolute Gasteiger partial charge is 0.268 e. The van der Waals surface area contributed by atoms with Crippen molar-refractivity contribution in [3.63, 3.8) is 0 Å². The van der Waals surface area contributed by atoms with Crippen molar-refractivity contribution in [2.45, 2.75) is 13.3 Å². The lowest BCUT2D eigenvalue weighted by atomic mass is 10.0. The number of H-pyrrole nitrogens is 1. The van der Waals surface area contributed by atoms with Crippen LogP contribution in [0, 0.1) is 6.92 Å². The van der Waals surface area contributed by atoms with Gasteiger partial charge < -0.3 is 14.9 Å². The number of amides is 1. The molecule has 0 aliphatic carbocycles. The van der Waals surface area contributed by atoms with E-state index in [0.29, 0.717) is 17.3 Å². The minimum Gasteiger partial charge on any atom is -0.361 e. The predicted molar refractivity (Wildman–Crippen MR) is 115 cm³/mol.